The van der Waals surface area contributed by atoms with E-state index in [1.54, 1.807) is 0 Å². The van der Waals surface area contributed by atoms with Gasteiger partial charge in [0.2, 0.25) is 0 Å². The highest BCUT2D eigenvalue weighted by Crippen LogP contribution is 2.16. The van der Waals surface area contributed by atoms with Gasteiger partial charge >= 0.3 is 5.91 Å². The number of carbonyl (C=O) groups is 1. The van der Waals surface area contributed by atoms with E-state index in [9.17, 15) is 9.70 Å². The zero-order valence-electron chi connectivity index (χ0n) is 12.5. The van der Waals surface area contributed by atoms with E-state index in [-0.39, 0.29) is 12.3 Å². The Kier molecular flexibility index (Phi) is 6.70. The van der Waals surface area contributed by atoms with E-state index < -0.39 is 5.91 Å². The van der Waals surface area contributed by atoms with Crippen LogP contribution in [0.1, 0.15) is 54.8 Å². The molecule has 0 saturated carbocycles. The number of unbranched alkanes of at least 4 members (excludes halogenated alkanes) is 1. The van der Waals surface area contributed by atoms with E-state index in [1.807, 2.05) is 0 Å². The largest absolute Gasteiger partial charge is 0.373 e. The highest BCUT2D eigenvalue weighted by molar-refractivity contribution is 5.92. The molecule has 0 atom stereocenters. The van der Waals surface area contributed by atoms with E-state index in [2.05, 4.69) is 28.6 Å². The lowest BCUT2D eigenvalue weighted by Crippen LogP contribution is -1.95. The number of amides is 1. The molecular formula is C16H20N2O4. The zero-order chi connectivity index (χ0) is 15.6. The van der Waals surface area contributed by atoms with Gasteiger partial charge in [-0.1, -0.05) is 29.0 Å². The van der Waals surface area contributed by atoms with Gasteiger partial charge in [-0.05, 0) is 38.5 Å². The van der Waals surface area contributed by atoms with Gasteiger partial charge in [0.15, 0.2) is 11.5 Å². The van der Waals surface area contributed by atoms with Crippen molar-refractivity contribution in [3.63, 3.8) is 0 Å². The number of rotatable bonds is 8. The number of aromatic nitrogens is 1. The molecule has 1 aliphatic carbocycles. The van der Waals surface area contributed by atoms with Crippen LogP contribution in [0, 0.1) is 4.91 Å². The molecule has 0 spiro atoms. The number of hydrogen-bond acceptors (Lipinski definition) is 5. The first kappa shape index (κ1) is 16.3. The lowest BCUT2D eigenvalue weighted by molar-refractivity contribution is 0.0964. The summed E-state index contributed by atoms with van der Waals surface area (Å²) in [5, 5.41) is 5.74. The Morgan fingerprint density at radius 1 is 1.36 bits per heavy atom. The van der Waals surface area contributed by atoms with Crippen molar-refractivity contribution in [2.45, 2.75) is 45.1 Å². The van der Waals surface area contributed by atoms with E-state index in [1.165, 1.54) is 30.9 Å². The van der Waals surface area contributed by atoms with Gasteiger partial charge in [-0.25, -0.2) is 0 Å². The van der Waals surface area contributed by atoms with Gasteiger partial charge in [-0.3, -0.25) is 4.79 Å². The summed E-state index contributed by atoms with van der Waals surface area (Å²) in [4.78, 5) is 21.0. The molecule has 0 aromatic carbocycles. The van der Waals surface area contributed by atoms with Crippen molar-refractivity contribution < 1.29 is 14.1 Å². The number of allylic oxidation sites excluding steroid dienone is 4. The molecule has 0 aliphatic heterocycles. The summed E-state index contributed by atoms with van der Waals surface area (Å²) < 4.78 is 10.4. The molecule has 6 nitrogen and oxygen atoms in total. The maximum absolute atomic E-state index is 11.0. The fourth-order valence-corrected chi connectivity index (χ4v) is 2.25. The van der Waals surface area contributed by atoms with Crippen molar-refractivity contribution in [2.75, 3.05) is 6.61 Å². The van der Waals surface area contributed by atoms with Crippen LogP contribution in [0.25, 0.3) is 0 Å². The van der Waals surface area contributed by atoms with Crippen molar-refractivity contribution in [2.24, 2.45) is 5.18 Å². The Morgan fingerprint density at radius 2 is 2.27 bits per heavy atom. The molecule has 0 N–H and O–H groups in total. The van der Waals surface area contributed by atoms with Crippen LogP contribution in [0.2, 0.25) is 0 Å². The number of carbonyl (C=O) groups excluding carboxylic acids is 1. The second-order valence-electron chi connectivity index (χ2n) is 5.20. The molecule has 1 aromatic heterocycles. The Balaban J connectivity index is 1.59. The summed E-state index contributed by atoms with van der Waals surface area (Å²) in [5.41, 5.74) is 1.33. The molecule has 118 valence electrons. The van der Waals surface area contributed by atoms with Gasteiger partial charge in [0.1, 0.15) is 6.61 Å². The van der Waals surface area contributed by atoms with Crippen LogP contribution in [-0.4, -0.2) is 17.7 Å². The van der Waals surface area contributed by atoms with E-state index >= 15 is 0 Å². The predicted octanol–water partition coefficient (Wildman–Crippen LogP) is 3.93. The molecule has 1 amide bonds. The molecule has 1 aliphatic rings. The fourth-order valence-electron chi connectivity index (χ4n) is 2.25. The lowest BCUT2D eigenvalue weighted by Gasteiger charge is -2.03. The highest BCUT2D eigenvalue weighted by Gasteiger charge is 2.12. The number of nitroso groups, excluding NO2 is 1. The van der Waals surface area contributed by atoms with E-state index in [0.29, 0.717) is 12.4 Å². The minimum Gasteiger partial charge on any atom is -0.373 e. The molecule has 0 fully saturated rings. The molecular weight excluding hydrogens is 284 g/mol. The normalized spacial score (nSPS) is 14.5. The third-order valence-electron chi connectivity index (χ3n) is 3.42. The van der Waals surface area contributed by atoms with Crippen molar-refractivity contribution in [3.8, 4) is 0 Å². The average Bonchev–Trinajstić information content (AvgIpc) is 2.85. The van der Waals surface area contributed by atoms with Gasteiger partial charge in [-0.2, -0.15) is 0 Å². The maximum Gasteiger partial charge on any atom is 0.338 e. The first-order valence-electron chi connectivity index (χ1n) is 7.56. The van der Waals surface area contributed by atoms with Gasteiger partial charge in [-0.15, -0.1) is 4.91 Å². The summed E-state index contributed by atoms with van der Waals surface area (Å²) in [6.07, 6.45) is 13.5. The first-order chi connectivity index (χ1) is 10.8. The van der Waals surface area contributed by atoms with Crippen LogP contribution in [-0.2, 0) is 11.3 Å². The van der Waals surface area contributed by atoms with Gasteiger partial charge in [0.25, 0.3) is 0 Å². The molecule has 0 unspecified atom stereocenters. The highest BCUT2D eigenvalue weighted by atomic mass is 16.5. The third kappa shape index (κ3) is 5.37. The Morgan fingerprint density at radius 3 is 3.14 bits per heavy atom. The summed E-state index contributed by atoms with van der Waals surface area (Å²) >= 11 is 0. The quantitative estimate of drug-likeness (QED) is 0.536. The second-order valence-corrected chi connectivity index (χ2v) is 5.20. The monoisotopic (exact) mass is 304 g/mol. The van der Waals surface area contributed by atoms with Crippen LogP contribution in [0.5, 0.6) is 0 Å². The van der Waals surface area contributed by atoms with Crippen molar-refractivity contribution in [1.82, 2.24) is 5.16 Å². The van der Waals surface area contributed by atoms with Crippen LogP contribution in [0.3, 0.4) is 0 Å². The molecule has 2 rings (SSSR count). The summed E-state index contributed by atoms with van der Waals surface area (Å²) in [6.45, 7) is 0.856. The minimum atomic E-state index is -0.931. The summed E-state index contributed by atoms with van der Waals surface area (Å²) in [5.74, 6) is -0.513. The Hall–Kier alpha value is -2.08. The molecule has 22 heavy (non-hydrogen) atoms. The second kappa shape index (κ2) is 9.04. The van der Waals surface area contributed by atoms with E-state index in [4.69, 9.17) is 9.26 Å². The first-order valence-corrected chi connectivity index (χ1v) is 7.56. The molecule has 1 aromatic rings. The fraction of sp³-hybridized carbons (Fsp3) is 0.500. The average molecular weight is 304 g/mol. The standard InChI is InChI=1S/C16H20N2O4/c19-16(17-20)15-11-14(22-18-15)12-21-10-6-5-9-13-7-3-1-2-4-8-13/h3,7-8,11H,1-2,4-6,9-10,12H2. The number of ether oxygens (including phenoxy) is 1. The lowest BCUT2D eigenvalue weighted by atomic mass is 10.1. The Labute approximate surface area is 129 Å². The van der Waals surface area contributed by atoms with Crippen LogP contribution in [0.15, 0.2) is 39.6 Å². The topological polar surface area (TPSA) is 81.8 Å². The van der Waals surface area contributed by atoms with Gasteiger partial charge in [0.05, 0.1) is 0 Å². The van der Waals surface area contributed by atoms with Crippen molar-refractivity contribution in [1.29, 1.82) is 0 Å². The zero-order valence-corrected chi connectivity index (χ0v) is 12.5. The Bertz CT molecular complexity index is 560. The maximum atomic E-state index is 11.0. The smallest absolute Gasteiger partial charge is 0.338 e. The molecule has 0 radical (unpaired) electrons. The van der Waals surface area contributed by atoms with Crippen LogP contribution in [0.4, 0.5) is 0 Å². The molecule has 0 bridgehead atoms. The molecule has 0 saturated heterocycles. The number of nitrogens with zero attached hydrogens (tertiary/aromatic N) is 2. The van der Waals surface area contributed by atoms with E-state index in [0.717, 1.165) is 19.3 Å². The summed E-state index contributed by atoms with van der Waals surface area (Å²) in [6, 6.07) is 1.38. The SMILES string of the molecule is O=NC(=O)c1cc(COCCCCC2=CCCCC=C2)on1. The summed E-state index contributed by atoms with van der Waals surface area (Å²) in [7, 11) is 0. The third-order valence-corrected chi connectivity index (χ3v) is 3.42. The minimum absolute atomic E-state index is 0.0827. The van der Waals surface area contributed by atoms with Crippen LogP contribution >= 0.6 is 0 Å². The van der Waals surface area contributed by atoms with Crippen LogP contribution < -0.4 is 0 Å². The van der Waals surface area contributed by atoms with Gasteiger partial charge < -0.3 is 9.26 Å². The van der Waals surface area contributed by atoms with Crippen molar-refractivity contribution >= 4 is 5.91 Å². The number of hydrogen-bond donors (Lipinski definition) is 0. The van der Waals surface area contributed by atoms with Gasteiger partial charge in [0, 0.05) is 17.9 Å². The molecule has 6 heteroatoms. The predicted molar refractivity (Wildman–Crippen MR) is 81.2 cm³/mol. The van der Waals surface area contributed by atoms with Crippen molar-refractivity contribution in [3.05, 3.63) is 46.2 Å². The molecule has 1 heterocycles.